The summed E-state index contributed by atoms with van der Waals surface area (Å²) < 4.78 is 27.1. The van der Waals surface area contributed by atoms with Gasteiger partial charge in [0.25, 0.3) is 0 Å². The van der Waals surface area contributed by atoms with Crippen molar-refractivity contribution >= 4 is 21.8 Å². The Balaban J connectivity index is 1.79. The van der Waals surface area contributed by atoms with Crippen molar-refractivity contribution in [2.24, 2.45) is 0 Å². The van der Waals surface area contributed by atoms with E-state index >= 15 is 0 Å². The Kier molecular flexibility index (Phi) is 4.97. The van der Waals surface area contributed by atoms with Crippen molar-refractivity contribution in [3.8, 4) is 0 Å². The number of nitrogens with one attached hydrogen (secondary N) is 2. The summed E-state index contributed by atoms with van der Waals surface area (Å²) in [6.45, 7) is 1.55. The van der Waals surface area contributed by atoms with Crippen molar-refractivity contribution in [3.05, 3.63) is 0 Å². The zero-order valence-electron chi connectivity index (χ0n) is 11.1. The third kappa shape index (κ3) is 3.85. The molecule has 6 heteroatoms. The van der Waals surface area contributed by atoms with Gasteiger partial charge in [-0.2, -0.15) is 11.8 Å². The second-order valence-corrected chi connectivity index (χ2v) is 8.62. The van der Waals surface area contributed by atoms with E-state index in [9.17, 15) is 8.42 Å². The highest BCUT2D eigenvalue weighted by molar-refractivity contribution is 8.00. The number of piperidine rings is 1. The van der Waals surface area contributed by atoms with Crippen molar-refractivity contribution < 1.29 is 8.42 Å². The minimum absolute atomic E-state index is 0.142. The Labute approximate surface area is 115 Å². The van der Waals surface area contributed by atoms with Crippen molar-refractivity contribution in [1.82, 2.24) is 10.0 Å². The molecule has 0 spiro atoms. The second kappa shape index (κ2) is 6.11. The summed E-state index contributed by atoms with van der Waals surface area (Å²) in [5.41, 5.74) is 0. The van der Waals surface area contributed by atoms with E-state index in [0.717, 1.165) is 32.2 Å². The summed E-state index contributed by atoms with van der Waals surface area (Å²) in [7, 11) is -3.13. The van der Waals surface area contributed by atoms with Gasteiger partial charge in [-0.15, -0.1) is 0 Å². The largest absolute Gasteiger partial charge is 0.313 e. The fourth-order valence-electron chi connectivity index (χ4n) is 2.66. The minimum atomic E-state index is -3.13. The number of rotatable bonds is 6. The molecule has 2 fully saturated rings. The van der Waals surface area contributed by atoms with E-state index in [1.165, 1.54) is 12.8 Å². The molecule has 2 N–H and O–H groups in total. The lowest BCUT2D eigenvalue weighted by Gasteiger charge is -2.40. The van der Waals surface area contributed by atoms with Crippen molar-refractivity contribution in [2.75, 3.05) is 25.1 Å². The maximum absolute atomic E-state index is 12.0. The first-order chi connectivity index (χ1) is 8.55. The van der Waals surface area contributed by atoms with Crippen LogP contribution in [-0.4, -0.2) is 44.3 Å². The second-order valence-electron chi connectivity index (χ2n) is 5.49. The molecule has 0 aromatic rings. The van der Waals surface area contributed by atoms with Crippen LogP contribution in [0, 0.1) is 0 Å². The SMILES string of the molecule is CSC1(CNS(=O)(=O)CC2CCCCN2)CCC1. The molecule has 2 rings (SSSR count). The van der Waals surface area contributed by atoms with E-state index in [-0.39, 0.29) is 16.5 Å². The van der Waals surface area contributed by atoms with E-state index in [2.05, 4.69) is 16.3 Å². The molecule has 0 radical (unpaired) electrons. The third-order valence-corrected chi connectivity index (χ3v) is 6.99. The molecule has 1 saturated carbocycles. The summed E-state index contributed by atoms with van der Waals surface area (Å²) in [6.07, 6.45) is 8.87. The van der Waals surface area contributed by atoms with E-state index in [1.807, 2.05) is 0 Å². The number of thioether (sulfide) groups is 1. The standard InChI is InChI=1S/C12H24N2O2S2/c1-17-12(6-4-7-12)10-14-18(15,16)9-11-5-2-3-8-13-11/h11,13-14H,2-10H2,1H3. The van der Waals surface area contributed by atoms with Crippen LogP contribution in [0.1, 0.15) is 38.5 Å². The first-order valence-electron chi connectivity index (χ1n) is 6.81. The van der Waals surface area contributed by atoms with Gasteiger partial charge in [0.2, 0.25) is 10.0 Å². The molecular formula is C12H24N2O2S2. The lowest BCUT2D eigenvalue weighted by atomic mass is 9.84. The molecule has 0 amide bonds. The average molecular weight is 292 g/mol. The van der Waals surface area contributed by atoms with Gasteiger partial charge in [-0.1, -0.05) is 12.8 Å². The van der Waals surface area contributed by atoms with Crippen LogP contribution in [0.4, 0.5) is 0 Å². The van der Waals surface area contributed by atoms with E-state index < -0.39 is 10.0 Å². The molecule has 1 aliphatic heterocycles. The number of hydrogen-bond donors (Lipinski definition) is 2. The van der Waals surface area contributed by atoms with Gasteiger partial charge >= 0.3 is 0 Å². The maximum Gasteiger partial charge on any atom is 0.213 e. The predicted octanol–water partition coefficient (Wildman–Crippen LogP) is 1.33. The normalized spacial score (nSPS) is 27.7. The molecule has 0 aromatic heterocycles. The zero-order valence-corrected chi connectivity index (χ0v) is 12.7. The van der Waals surface area contributed by atoms with Crippen LogP contribution >= 0.6 is 11.8 Å². The van der Waals surface area contributed by atoms with Crippen LogP contribution in [0.25, 0.3) is 0 Å². The zero-order chi connectivity index (χ0) is 13.1. The van der Waals surface area contributed by atoms with Gasteiger partial charge in [-0.25, -0.2) is 13.1 Å². The summed E-state index contributed by atoms with van der Waals surface area (Å²) in [5.74, 6) is 0.234. The fraction of sp³-hybridized carbons (Fsp3) is 1.00. The summed E-state index contributed by atoms with van der Waals surface area (Å²) in [4.78, 5) is 0. The molecule has 4 nitrogen and oxygen atoms in total. The fourth-order valence-corrected chi connectivity index (χ4v) is 5.09. The van der Waals surface area contributed by atoms with Crippen LogP contribution in [-0.2, 0) is 10.0 Å². The van der Waals surface area contributed by atoms with Crippen LogP contribution < -0.4 is 10.0 Å². The van der Waals surface area contributed by atoms with E-state index in [1.54, 1.807) is 11.8 Å². The van der Waals surface area contributed by atoms with Gasteiger partial charge in [0.1, 0.15) is 0 Å². The van der Waals surface area contributed by atoms with Crippen molar-refractivity contribution in [1.29, 1.82) is 0 Å². The Bertz CT molecular complexity index is 355. The first kappa shape index (κ1) is 14.6. The monoisotopic (exact) mass is 292 g/mol. The minimum Gasteiger partial charge on any atom is -0.313 e. The molecule has 1 atom stereocenters. The lowest BCUT2D eigenvalue weighted by Crippen LogP contribution is -2.48. The van der Waals surface area contributed by atoms with Crippen LogP contribution in [0.5, 0.6) is 0 Å². The van der Waals surface area contributed by atoms with Gasteiger partial charge in [0.15, 0.2) is 0 Å². The Morgan fingerprint density at radius 2 is 2.11 bits per heavy atom. The predicted molar refractivity (Wildman–Crippen MR) is 77.5 cm³/mol. The molecule has 106 valence electrons. The topological polar surface area (TPSA) is 58.2 Å². The van der Waals surface area contributed by atoms with Gasteiger partial charge in [0.05, 0.1) is 5.75 Å². The molecule has 2 aliphatic rings. The van der Waals surface area contributed by atoms with Gasteiger partial charge in [-0.05, 0) is 38.5 Å². The van der Waals surface area contributed by atoms with Gasteiger partial charge < -0.3 is 5.32 Å². The van der Waals surface area contributed by atoms with Crippen molar-refractivity contribution in [2.45, 2.75) is 49.3 Å². The van der Waals surface area contributed by atoms with Crippen molar-refractivity contribution in [3.63, 3.8) is 0 Å². The first-order valence-corrected chi connectivity index (χ1v) is 9.69. The molecule has 18 heavy (non-hydrogen) atoms. The van der Waals surface area contributed by atoms with E-state index in [4.69, 9.17) is 0 Å². The smallest absolute Gasteiger partial charge is 0.213 e. The molecule has 1 saturated heterocycles. The molecule has 0 bridgehead atoms. The number of sulfonamides is 1. The Morgan fingerprint density at radius 3 is 2.61 bits per heavy atom. The molecule has 0 aromatic carbocycles. The van der Waals surface area contributed by atoms with Crippen LogP contribution in [0.2, 0.25) is 0 Å². The Morgan fingerprint density at radius 1 is 1.33 bits per heavy atom. The van der Waals surface area contributed by atoms with E-state index in [0.29, 0.717) is 6.54 Å². The molecule has 1 heterocycles. The average Bonchev–Trinajstić information content (AvgIpc) is 2.29. The summed E-state index contributed by atoms with van der Waals surface area (Å²) in [5, 5.41) is 3.29. The highest BCUT2D eigenvalue weighted by atomic mass is 32.2. The maximum atomic E-state index is 12.0. The molecular weight excluding hydrogens is 268 g/mol. The summed E-state index contributed by atoms with van der Waals surface area (Å²) >= 11 is 1.80. The Hall–Kier alpha value is 0.220. The number of hydrogen-bond acceptors (Lipinski definition) is 4. The highest BCUT2D eigenvalue weighted by Gasteiger charge is 2.37. The summed E-state index contributed by atoms with van der Waals surface area (Å²) in [6, 6.07) is 0.142. The molecule has 1 aliphatic carbocycles. The third-order valence-electron chi connectivity index (χ3n) is 4.15. The lowest BCUT2D eigenvalue weighted by molar-refractivity contribution is 0.360. The van der Waals surface area contributed by atoms with Crippen LogP contribution in [0.3, 0.4) is 0 Å². The van der Waals surface area contributed by atoms with Gasteiger partial charge in [-0.3, -0.25) is 0 Å². The quantitative estimate of drug-likeness (QED) is 0.775. The van der Waals surface area contributed by atoms with Gasteiger partial charge in [0, 0.05) is 17.3 Å². The molecule has 1 unspecified atom stereocenters. The van der Waals surface area contributed by atoms with Crippen LogP contribution in [0.15, 0.2) is 0 Å². The highest BCUT2D eigenvalue weighted by Crippen LogP contribution is 2.42.